The number of ether oxygens (including phenoxy) is 3. The quantitative estimate of drug-likeness (QED) is 0.452. The Morgan fingerprint density at radius 1 is 0.933 bits per heavy atom. The molecular formula is C27H28O3. The lowest BCUT2D eigenvalue weighted by atomic mass is 9.68. The molecule has 0 radical (unpaired) electrons. The van der Waals surface area contributed by atoms with Crippen molar-refractivity contribution in [2.75, 3.05) is 13.7 Å². The molecule has 2 atom stereocenters. The molecule has 0 unspecified atom stereocenters. The smallest absolute Gasteiger partial charge is 0.127 e. The van der Waals surface area contributed by atoms with Crippen LogP contribution in [-0.2, 0) is 0 Å². The fourth-order valence-electron chi connectivity index (χ4n) is 4.47. The van der Waals surface area contributed by atoms with Gasteiger partial charge in [-0.2, -0.15) is 0 Å². The van der Waals surface area contributed by atoms with Crippen molar-refractivity contribution in [1.82, 2.24) is 0 Å². The van der Waals surface area contributed by atoms with E-state index < -0.39 is 5.60 Å². The van der Waals surface area contributed by atoms with Crippen LogP contribution in [0, 0.1) is 0 Å². The Labute approximate surface area is 178 Å². The van der Waals surface area contributed by atoms with Gasteiger partial charge in [0, 0.05) is 23.5 Å². The first-order chi connectivity index (χ1) is 14.5. The Bertz CT molecular complexity index is 1010. The Morgan fingerprint density at radius 3 is 2.30 bits per heavy atom. The van der Waals surface area contributed by atoms with Gasteiger partial charge < -0.3 is 14.2 Å². The van der Waals surface area contributed by atoms with Crippen molar-refractivity contribution in [3.05, 3.63) is 102 Å². The monoisotopic (exact) mass is 400 g/mol. The van der Waals surface area contributed by atoms with E-state index in [1.165, 1.54) is 16.7 Å². The average molecular weight is 401 g/mol. The maximum atomic E-state index is 6.54. The molecule has 154 valence electrons. The summed E-state index contributed by atoms with van der Waals surface area (Å²) in [6, 6.07) is 25.2. The molecule has 3 aromatic carbocycles. The van der Waals surface area contributed by atoms with E-state index in [1.807, 2.05) is 24.3 Å². The van der Waals surface area contributed by atoms with Gasteiger partial charge in [0.25, 0.3) is 0 Å². The summed E-state index contributed by atoms with van der Waals surface area (Å²) >= 11 is 0. The van der Waals surface area contributed by atoms with Gasteiger partial charge >= 0.3 is 0 Å². The maximum absolute atomic E-state index is 6.54. The highest BCUT2D eigenvalue weighted by atomic mass is 16.5. The summed E-state index contributed by atoms with van der Waals surface area (Å²) in [5.41, 5.74) is 3.27. The second-order valence-corrected chi connectivity index (χ2v) is 8.14. The molecule has 0 spiro atoms. The van der Waals surface area contributed by atoms with Crippen LogP contribution in [0.25, 0.3) is 0 Å². The Balaban J connectivity index is 1.85. The van der Waals surface area contributed by atoms with Gasteiger partial charge in [0.2, 0.25) is 0 Å². The van der Waals surface area contributed by atoms with Gasteiger partial charge in [-0.3, -0.25) is 0 Å². The Hall–Kier alpha value is -3.20. The fraction of sp³-hybridized carbons (Fsp3) is 0.259. The van der Waals surface area contributed by atoms with Crippen molar-refractivity contribution in [2.45, 2.75) is 31.3 Å². The van der Waals surface area contributed by atoms with Crippen LogP contribution in [0.15, 0.2) is 85.5 Å². The number of benzene rings is 3. The molecular weight excluding hydrogens is 372 g/mol. The molecule has 3 nitrogen and oxygen atoms in total. The second-order valence-electron chi connectivity index (χ2n) is 8.14. The van der Waals surface area contributed by atoms with Crippen LogP contribution < -0.4 is 14.2 Å². The van der Waals surface area contributed by atoms with Gasteiger partial charge in [-0.25, -0.2) is 0 Å². The molecule has 0 aliphatic carbocycles. The van der Waals surface area contributed by atoms with Crippen molar-refractivity contribution in [3.63, 3.8) is 0 Å². The van der Waals surface area contributed by atoms with Crippen LogP contribution >= 0.6 is 0 Å². The summed E-state index contributed by atoms with van der Waals surface area (Å²) in [5, 5.41) is 0. The fourth-order valence-corrected chi connectivity index (χ4v) is 4.47. The van der Waals surface area contributed by atoms with Gasteiger partial charge in [0.05, 0.1) is 7.11 Å². The lowest BCUT2D eigenvalue weighted by Crippen LogP contribution is -2.43. The molecule has 4 rings (SSSR count). The summed E-state index contributed by atoms with van der Waals surface area (Å²) in [6.07, 6.45) is 1.75. The highest BCUT2D eigenvalue weighted by molar-refractivity contribution is 5.52. The molecule has 0 saturated heterocycles. The first kappa shape index (κ1) is 20.1. The van der Waals surface area contributed by atoms with Crippen LogP contribution in [0.3, 0.4) is 0 Å². The van der Waals surface area contributed by atoms with E-state index in [2.05, 4.69) is 69.0 Å². The zero-order valence-corrected chi connectivity index (χ0v) is 17.8. The Kier molecular flexibility index (Phi) is 5.54. The molecule has 3 aromatic rings. The van der Waals surface area contributed by atoms with Crippen molar-refractivity contribution in [3.8, 4) is 17.2 Å². The summed E-state index contributed by atoms with van der Waals surface area (Å²) in [4.78, 5) is 0. The van der Waals surface area contributed by atoms with E-state index in [4.69, 9.17) is 14.2 Å². The van der Waals surface area contributed by atoms with Crippen LogP contribution in [0.4, 0.5) is 0 Å². The van der Waals surface area contributed by atoms with Gasteiger partial charge in [-0.15, -0.1) is 0 Å². The zero-order valence-electron chi connectivity index (χ0n) is 17.8. The number of rotatable bonds is 6. The van der Waals surface area contributed by atoms with Crippen LogP contribution in [0.1, 0.15) is 42.4 Å². The third kappa shape index (κ3) is 3.80. The first-order valence-corrected chi connectivity index (χ1v) is 10.3. The molecule has 0 aromatic heterocycles. The molecule has 0 N–H and O–H groups in total. The largest absolute Gasteiger partial charge is 0.497 e. The SMILES string of the molecule is C=CCOc1ccc([C@H]2c3ccc(OC)cc3OC(C)(C)[C@@H]2c2ccccc2)cc1. The predicted molar refractivity (Wildman–Crippen MR) is 121 cm³/mol. The highest BCUT2D eigenvalue weighted by Crippen LogP contribution is 2.53. The number of fused-ring (bicyclic) bond motifs is 1. The van der Waals surface area contributed by atoms with Gasteiger partial charge in [-0.05, 0) is 43.2 Å². The molecule has 0 saturated carbocycles. The number of methoxy groups -OCH3 is 1. The van der Waals surface area contributed by atoms with E-state index in [1.54, 1.807) is 13.2 Å². The molecule has 3 heteroatoms. The van der Waals surface area contributed by atoms with E-state index in [9.17, 15) is 0 Å². The van der Waals surface area contributed by atoms with Gasteiger partial charge in [-0.1, -0.05) is 61.2 Å². The van der Waals surface area contributed by atoms with Crippen molar-refractivity contribution < 1.29 is 14.2 Å². The lowest BCUT2D eigenvalue weighted by molar-refractivity contribution is 0.0528. The predicted octanol–water partition coefficient (Wildman–Crippen LogP) is 6.35. The van der Waals surface area contributed by atoms with E-state index in [0.29, 0.717) is 6.61 Å². The molecule has 0 bridgehead atoms. The zero-order chi connectivity index (χ0) is 21.1. The second kappa shape index (κ2) is 8.27. The molecule has 1 aliphatic rings. The average Bonchev–Trinajstić information content (AvgIpc) is 2.76. The van der Waals surface area contributed by atoms with Crippen molar-refractivity contribution in [2.24, 2.45) is 0 Å². The van der Waals surface area contributed by atoms with Crippen LogP contribution in [0.2, 0.25) is 0 Å². The van der Waals surface area contributed by atoms with Gasteiger partial charge in [0.15, 0.2) is 0 Å². The van der Waals surface area contributed by atoms with Gasteiger partial charge in [0.1, 0.15) is 29.5 Å². The van der Waals surface area contributed by atoms with Crippen LogP contribution in [-0.4, -0.2) is 19.3 Å². The van der Waals surface area contributed by atoms with Crippen LogP contribution in [0.5, 0.6) is 17.2 Å². The minimum atomic E-state index is -0.399. The summed E-state index contributed by atoms with van der Waals surface area (Å²) < 4.78 is 17.7. The van der Waals surface area contributed by atoms with E-state index in [-0.39, 0.29) is 11.8 Å². The third-order valence-corrected chi connectivity index (χ3v) is 5.78. The topological polar surface area (TPSA) is 27.7 Å². The lowest BCUT2D eigenvalue weighted by Gasteiger charge is -2.45. The summed E-state index contributed by atoms with van der Waals surface area (Å²) in [7, 11) is 1.68. The maximum Gasteiger partial charge on any atom is 0.127 e. The number of hydrogen-bond acceptors (Lipinski definition) is 3. The minimum absolute atomic E-state index is 0.144. The summed E-state index contributed by atoms with van der Waals surface area (Å²) in [5.74, 6) is 2.82. The summed E-state index contributed by atoms with van der Waals surface area (Å²) in [6.45, 7) is 8.55. The normalized spacial score (nSPS) is 19.3. The van der Waals surface area contributed by atoms with E-state index >= 15 is 0 Å². The Morgan fingerprint density at radius 2 is 1.63 bits per heavy atom. The standard InChI is InChI=1S/C27H28O3/c1-5-17-29-21-13-11-19(12-14-21)25-23-16-15-22(28-4)18-24(23)30-27(2,3)26(25)20-9-7-6-8-10-20/h5-16,18,25-26H,1,17H2,2-4H3/t25-,26+/m0/s1. The van der Waals surface area contributed by atoms with Crippen molar-refractivity contribution in [1.29, 1.82) is 0 Å². The molecule has 0 amide bonds. The minimum Gasteiger partial charge on any atom is -0.497 e. The van der Waals surface area contributed by atoms with E-state index in [0.717, 1.165) is 17.2 Å². The molecule has 30 heavy (non-hydrogen) atoms. The molecule has 1 heterocycles. The molecule has 1 aliphatic heterocycles. The van der Waals surface area contributed by atoms with Crippen molar-refractivity contribution >= 4 is 0 Å². The first-order valence-electron chi connectivity index (χ1n) is 10.3. The molecule has 0 fully saturated rings. The highest BCUT2D eigenvalue weighted by Gasteiger charge is 2.45. The number of hydrogen-bond donors (Lipinski definition) is 0. The third-order valence-electron chi connectivity index (χ3n) is 5.78.